The third kappa shape index (κ3) is 3.27. The maximum absolute atomic E-state index is 9.31. The first-order valence-electron chi connectivity index (χ1n) is 5.79. The van der Waals surface area contributed by atoms with Gasteiger partial charge in [-0.1, -0.05) is 34.1 Å². The van der Waals surface area contributed by atoms with Crippen molar-refractivity contribution in [2.75, 3.05) is 12.4 Å². The van der Waals surface area contributed by atoms with E-state index in [2.05, 4.69) is 27.3 Å². The molecule has 0 fully saturated rings. The lowest BCUT2D eigenvalue weighted by Gasteiger charge is -2.15. The molecule has 0 saturated carbocycles. The summed E-state index contributed by atoms with van der Waals surface area (Å²) in [5, 5.41) is 12.5. The Labute approximate surface area is 121 Å². The maximum atomic E-state index is 9.31. The van der Waals surface area contributed by atoms with Crippen molar-refractivity contribution in [1.82, 2.24) is 0 Å². The first kappa shape index (κ1) is 13.4. The number of rotatable bonds is 4. The van der Waals surface area contributed by atoms with Gasteiger partial charge in [-0.2, -0.15) is 5.26 Å². The fourth-order valence-corrected chi connectivity index (χ4v) is 2.26. The lowest BCUT2D eigenvalue weighted by Crippen LogP contribution is -2.09. The van der Waals surface area contributed by atoms with E-state index in [1.807, 2.05) is 48.5 Å². The van der Waals surface area contributed by atoms with Crippen LogP contribution in [0.25, 0.3) is 0 Å². The van der Waals surface area contributed by atoms with Crippen LogP contribution in [0.1, 0.15) is 11.6 Å². The Morgan fingerprint density at radius 3 is 2.42 bits per heavy atom. The standard InChI is InChI=1S/C15H13BrN2O/c1-19-12-8-6-11(7-9-12)18-15(10-17)13-4-2-3-5-14(13)16/h2-9,15,18H,1H3. The minimum Gasteiger partial charge on any atom is -0.497 e. The molecule has 0 aliphatic heterocycles. The zero-order valence-electron chi connectivity index (χ0n) is 10.4. The Kier molecular flexibility index (Phi) is 4.43. The van der Waals surface area contributed by atoms with Gasteiger partial charge in [-0.15, -0.1) is 0 Å². The van der Waals surface area contributed by atoms with E-state index in [4.69, 9.17) is 4.74 Å². The average molecular weight is 317 g/mol. The molecule has 2 aromatic carbocycles. The van der Waals surface area contributed by atoms with Crippen LogP contribution >= 0.6 is 15.9 Å². The molecule has 0 saturated heterocycles. The third-order valence-corrected chi connectivity index (χ3v) is 3.47. The van der Waals surface area contributed by atoms with Gasteiger partial charge in [0.25, 0.3) is 0 Å². The van der Waals surface area contributed by atoms with Crippen LogP contribution in [0.5, 0.6) is 5.75 Å². The van der Waals surface area contributed by atoms with Crippen molar-refractivity contribution >= 4 is 21.6 Å². The van der Waals surface area contributed by atoms with Gasteiger partial charge >= 0.3 is 0 Å². The van der Waals surface area contributed by atoms with Crippen molar-refractivity contribution in [2.24, 2.45) is 0 Å². The van der Waals surface area contributed by atoms with E-state index in [1.165, 1.54) is 0 Å². The lowest BCUT2D eigenvalue weighted by atomic mass is 10.1. The van der Waals surface area contributed by atoms with Gasteiger partial charge in [-0.25, -0.2) is 0 Å². The Morgan fingerprint density at radius 2 is 1.84 bits per heavy atom. The van der Waals surface area contributed by atoms with Crippen LogP contribution in [0, 0.1) is 11.3 Å². The largest absolute Gasteiger partial charge is 0.497 e. The van der Waals surface area contributed by atoms with E-state index in [1.54, 1.807) is 7.11 Å². The number of nitrogens with one attached hydrogen (secondary N) is 1. The molecule has 4 heteroatoms. The minimum absolute atomic E-state index is 0.399. The third-order valence-electron chi connectivity index (χ3n) is 2.75. The van der Waals surface area contributed by atoms with Crippen molar-refractivity contribution in [3.05, 3.63) is 58.6 Å². The number of nitriles is 1. The van der Waals surface area contributed by atoms with Crippen molar-refractivity contribution in [2.45, 2.75) is 6.04 Å². The highest BCUT2D eigenvalue weighted by Gasteiger charge is 2.12. The molecule has 2 aromatic rings. The molecule has 0 spiro atoms. The molecule has 0 amide bonds. The molecule has 0 aliphatic rings. The van der Waals surface area contributed by atoms with Crippen LogP contribution in [-0.4, -0.2) is 7.11 Å². The smallest absolute Gasteiger partial charge is 0.141 e. The number of hydrogen-bond donors (Lipinski definition) is 1. The Morgan fingerprint density at radius 1 is 1.16 bits per heavy atom. The quantitative estimate of drug-likeness (QED) is 0.922. The summed E-state index contributed by atoms with van der Waals surface area (Å²) in [5.41, 5.74) is 1.80. The second-order valence-electron chi connectivity index (χ2n) is 3.96. The average Bonchev–Trinajstić information content (AvgIpc) is 2.46. The summed E-state index contributed by atoms with van der Waals surface area (Å²) in [6.45, 7) is 0. The number of benzene rings is 2. The zero-order valence-corrected chi connectivity index (χ0v) is 12.0. The summed E-state index contributed by atoms with van der Waals surface area (Å²) in [4.78, 5) is 0. The van der Waals surface area contributed by atoms with Crippen LogP contribution in [0.4, 0.5) is 5.69 Å². The van der Waals surface area contributed by atoms with Crippen LogP contribution in [0.2, 0.25) is 0 Å². The number of methoxy groups -OCH3 is 1. The molecule has 0 bridgehead atoms. The highest BCUT2D eigenvalue weighted by atomic mass is 79.9. The molecule has 96 valence electrons. The van der Waals surface area contributed by atoms with Gasteiger partial charge in [-0.3, -0.25) is 0 Å². The van der Waals surface area contributed by atoms with Gasteiger partial charge in [0.2, 0.25) is 0 Å². The van der Waals surface area contributed by atoms with E-state index >= 15 is 0 Å². The van der Waals surface area contributed by atoms with Crippen molar-refractivity contribution < 1.29 is 4.74 Å². The van der Waals surface area contributed by atoms with E-state index in [0.717, 1.165) is 21.5 Å². The number of nitrogens with zero attached hydrogens (tertiary/aromatic N) is 1. The fraction of sp³-hybridized carbons (Fsp3) is 0.133. The molecule has 0 radical (unpaired) electrons. The fourth-order valence-electron chi connectivity index (χ4n) is 1.74. The van der Waals surface area contributed by atoms with Gasteiger partial charge in [0, 0.05) is 15.7 Å². The number of ether oxygens (including phenoxy) is 1. The first-order valence-corrected chi connectivity index (χ1v) is 6.58. The molecule has 0 heterocycles. The van der Waals surface area contributed by atoms with Gasteiger partial charge in [-0.05, 0) is 30.3 Å². The van der Waals surface area contributed by atoms with E-state index < -0.39 is 6.04 Å². The van der Waals surface area contributed by atoms with Gasteiger partial charge < -0.3 is 10.1 Å². The molecule has 2 rings (SSSR count). The minimum atomic E-state index is -0.399. The lowest BCUT2D eigenvalue weighted by molar-refractivity contribution is 0.415. The van der Waals surface area contributed by atoms with Gasteiger partial charge in [0.1, 0.15) is 11.8 Å². The maximum Gasteiger partial charge on any atom is 0.141 e. The van der Waals surface area contributed by atoms with Crippen molar-refractivity contribution in [3.63, 3.8) is 0 Å². The number of halogens is 1. The SMILES string of the molecule is COc1ccc(NC(C#N)c2ccccc2Br)cc1. The van der Waals surface area contributed by atoms with Gasteiger partial charge in [0.05, 0.1) is 13.2 Å². The number of hydrogen-bond acceptors (Lipinski definition) is 3. The highest BCUT2D eigenvalue weighted by Crippen LogP contribution is 2.26. The van der Waals surface area contributed by atoms with Crippen molar-refractivity contribution in [3.8, 4) is 11.8 Å². The van der Waals surface area contributed by atoms with Gasteiger partial charge in [0.15, 0.2) is 0 Å². The first-order chi connectivity index (χ1) is 9.24. The second kappa shape index (κ2) is 6.26. The van der Waals surface area contributed by atoms with Crippen LogP contribution in [0.15, 0.2) is 53.0 Å². The van der Waals surface area contributed by atoms with E-state index in [0.29, 0.717) is 0 Å². The predicted molar refractivity (Wildman–Crippen MR) is 79.1 cm³/mol. The Hall–Kier alpha value is -1.99. The van der Waals surface area contributed by atoms with Crippen molar-refractivity contribution in [1.29, 1.82) is 5.26 Å². The summed E-state index contributed by atoms with van der Waals surface area (Å²) < 4.78 is 6.02. The van der Waals surface area contributed by atoms with Crippen LogP contribution in [0.3, 0.4) is 0 Å². The normalized spacial score (nSPS) is 11.4. The topological polar surface area (TPSA) is 45.0 Å². The molecule has 3 nitrogen and oxygen atoms in total. The van der Waals surface area contributed by atoms with E-state index in [9.17, 15) is 5.26 Å². The monoisotopic (exact) mass is 316 g/mol. The molecular weight excluding hydrogens is 304 g/mol. The number of anilines is 1. The highest BCUT2D eigenvalue weighted by molar-refractivity contribution is 9.10. The molecule has 0 aromatic heterocycles. The summed E-state index contributed by atoms with van der Waals surface area (Å²) in [7, 11) is 1.63. The predicted octanol–water partition coefficient (Wildman–Crippen LogP) is 4.13. The molecule has 19 heavy (non-hydrogen) atoms. The van der Waals surface area contributed by atoms with E-state index in [-0.39, 0.29) is 0 Å². The van der Waals surface area contributed by atoms with Crippen LogP contribution < -0.4 is 10.1 Å². The summed E-state index contributed by atoms with van der Waals surface area (Å²) in [6, 6.07) is 17.1. The summed E-state index contributed by atoms with van der Waals surface area (Å²) in [6.07, 6.45) is 0. The molecular formula is C15H13BrN2O. The second-order valence-corrected chi connectivity index (χ2v) is 4.81. The Bertz CT molecular complexity index is 590. The molecule has 1 N–H and O–H groups in total. The summed E-state index contributed by atoms with van der Waals surface area (Å²) in [5.74, 6) is 0.792. The Balaban J connectivity index is 2.20. The molecule has 1 atom stereocenters. The zero-order chi connectivity index (χ0) is 13.7. The molecule has 0 aliphatic carbocycles. The summed E-state index contributed by atoms with van der Waals surface area (Å²) >= 11 is 3.46. The van der Waals surface area contributed by atoms with Crippen LogP contribution in [-0.2, 0) is 0 Å². The molecule has 1 unspecified atom stereocenters.